The van der Waals surface area contributed by atoms with Crippen molar-refractivity contribution in [3.05, 3.63) is 71.6 Å². The van der Waals surface area contributed by atoms with Crippen LogP contribution in [0, 0.1) is 0 Å². The van der Waals surface area contributed by atoms with Gasteiger partial charge in [-0.1, -0.05) is 38.1 Å². The number of amides is 3. The summed E-state index contributed by atoms with van der Waals surface area (Å²) in [6.07, 6.45) is 1.58. The molecule has 0 aliphatic carbocycles. The minimum atomic E-state index is -0.412. The highest BCUT2D eigenvalue weighted by molar-refractivity contribution is 6.06. The van der Waals surface area contributed by atoms with E-state index in [-0.39, 0.29) is 11.8 Å². The summed E-state index contributed by atoms with van der Waals surface area (Å²) >= 11 is 0. The van der Waals surface area contributed by atoms with Gasteiger partial charge in [0.25, 0.3) is 5.91 Å². The lowest BCUT2D eigenvalue weighted by Crippen LogP contribution is -2.31. The first-order valence-corrected chi connectivity index (χ1v) is 10.5. The van der Waals surface area contributed by atoms with Crippen molar-refractivity contribution in [3.8, 4) is 5.75 Å². The van der Waals surface area contributed by atoms with E-state index in [1.165, 1.54) is 5.56 Å². The first-order valence-electron chi connectivity index (χ1n) is 10.5. The Morgan fingerprint density at radius 1 is 1.19 bits per heavy atom. The van der Waals surface area contributed by atoms with E-state index >= 15 is 0 Å². The Labute approximate surface area is 187 Å². The third-order valence-corrected chi connectivity index (χ3v) is 5.36. The van der Waals surface area contributed by atoms with Gasteiger partial charge in [0.15, 0.2) is 0 Å². The molecule has 0 unspecified atom stereocenters. The standard InChI is InChI=1S/C24H26N4O4/c1-16(2)18-7-9-19(10-8-18)25-22(29)21-15-28-12-11-27(23(30)26-24(28)32-21)14-17-5-4-6-20(13-17)31-3/h4-10,13,15-16H,11-12,14H2,1-3H3,(H,25,29). The number of carbonyl (C=O) groups excluding carboxylic acids is 2. The van der Waals surface area contributed by atoms with Crippen LogP contribution < -0.4 is 10.1 Å². The molecular formula is C24H26N4O4. The Morgan fingerprint density at radius 3 is 2.69 bits per heavy atom. The van der Waals surface area contributed by atoms with Gasteiger partial charge in [-0.05, 0) is 41.3 Å². The van der Waals surface area contributed by atoms with E-state index in [0.29, 0.717) is 31.2 Å². The minimum Gasteiger partial charge on any atom is -0.497 e. The highest BCUT2D eigenvalue weighted by atomic mass is 16.5. The number of ether oxygens (including phenoxy) is 2. The molecule has 2 aromatic rings. The van der Waals surface area contributed by atoms with Crippen molar-refractivity contribution in [2.24, 2.45) is 4.99 Å². The fourth-order valence-electron chi connectivity index (χ4n) is 3.49. The Morgan fingerprint density at radius 2 is 1.97 bits per heavy atom. The second kappa shape index (κ2) is 9.13. The van der Waals surface area contributed by atoms with Gasteiger partial charge in [0.1, 0.15) is 5.75 Å². The Kier molecular flexibility index (Phi) is 6.11. The molecule has 0 aromatic heterocycles. The normalized spacial score (nSPS) is 15.6. The van der Waals surface area contributed by atoms with Crippen LogP contribution in [-0.2, 0) is 16.1 Å². The van der Waals surface area contributed by atoms with Crippen molar-refractivity contribution >= 4 is 23.6 Å². The van der Waals surface area contributed by atoms with E-state index < -0.39 is 11.9 Å². The number of nitrogens with zero attached hydrogens (tertiary/aromatic N) is 3. The van der Waals surface area contributed by atoms with Crippen LogP contribution in [0.5, 0.6) is 5.75 Å². The topological polar surface area (TPSA) is 83.5 Å². The van der Waals surface area contributed by atoms with Crippen molar-refractivity contribution in [1.29, 1.82) is 0 Å². The first kappa shape index (κ1) is 21.4. The van der Waals surface area contributed by atoms with Crippen molar-refractivity contribution in [1.82, 2.24) is 9.80 Å². The zero-order valence-corrected chi connectivity index (χ0v) is 18.4. The molecule has 2 aliphatic heterocycles. The number of fused-ring (bicyclic) bond motifs is 1. The highest BCUT2D eigenvalue weighted by Gasteiger charge is 2.31. The molecule has 8 heteroatoms. The van der Waals surface area contributed by atoms with Crippen LogP contribution in [-0.4, -0.2) is 48.0 Å². The van der Waals surface area contributed by atoms with E-state index in [4.69, 9.17) is 9.47 Å². The number of hydrogen-bond acceptors (Lipinski definition) is 5. The van der Waals surface area contributed by atoms with Crippen molar-refractivity contribution < 1.29 is 19.1 Å². The zero-order chi connectivity index (χ0) is 22.7. The number of hydrogen-bond donors (Lipinski definition) is 1. The summed E-state index contributed by atoms with van der Waals surface area (Å²) in [5.74, 6) is 0.862. The molecule has 0 saturated heterocycles. The Hall–Kier alpha value is -3.81. The molecular weight excluding hydrogens is 408 g/mol. The van der Waals surface area contributed by atoms with Gasteiger partial charge in [-0.15, -0.1) is 4.99 Å². The molecule has 2 aliphatic rings. The average Bonchev–Trinajstić information content (AvgIpc) is 3.13. The van der Waals surface area contributed by atoms with Gasteiger partial charge in [0.2, 0.25) is 5.76 Å². The predicted octanol–water partition coefficient (Wildman–Crippen LogP) is 3.92. The highest BCUT2D eigenvalue weighted by Crippen LogP contribution is 2.22. The van der Waals surface area contributed by atoms with Gasteiger partial charge in [-0.2, -0.15) is 0 Å². The van der Waals surface area contributed by atoms with Crippen LogP contribution in [0.4, 0.5) is 10.5 Å². The lowest BCUT2D eigenvalue weighted by Gasteiger charge is -2.19. The zero-order valence-electron chi connectivity index (χ0n) is 18.4. The van der Waals surface area contributed by atoms with Crippen molar-refractivity contribution in [3.63, 3.8) is 0 Å². The number of benzene rings is 2. The summed E-state index contributed by atoms with van der Waals surface area (Å²) in [5.41, 5.74) is 2.81. The SMILES string of the molecule is COc1cccc(CN2CCN3C=C(C(=O)Nc4ccc(C(C)C)cc4)OC3=NC2=O)c1. The van der Waals surface area contributed by atoms with Crippen LogP contribution >= 0.6 is 0 Å². The Bertz CT molecular complexity index is 1080. The maximum absolute atomic E-state index is 12.6. The molecule has 32 heavy (non-hydrogen) atoms. The van der Waals surface area contributed by atoms with Gasteiger partial charge < -0.3 is 19.7 Å². The van der Waals surface area contributed by atoms with Crippen LogP contribution in [0.25, 0.3) is 0 Å². The summed E-state index contributed by atoms with van der Waals surface area (Å²) in [6, 6.07) is 14.9. The van der Waals surface area contributed by atoms with Gasteiger partial charge >= 0.3 is 12.1 Å². The number of methoxy groups -OCH3 is 1. The third-order valence-electron chi connectivity index (χ3n) is 5.36. The Balaban J connectivity index is 1.39. The van der Waals surface area contributed by atoms with Gasteiger partial charge in [0.05, 0.1) is 13.3 Å². The fraction of sp³-hybridized carbons (Fsp3) is 0.292. The first-order chi connectivity index (χ1) is 15.4. The molecule has 0 bridgehead atoms. The molecule has 1 N–H and O–H groups in total. The summed E-state index contributed by atoms with van der Waals surface area (Å²) < 4.78 is 10.8. The van der Waals surface area contributed by atoms with Gasteiger partial charge in [-0.25, -0.2) is 4.79 Å². The van der Waals surface area contributed by atoms with Crippen LogP contribution in [0.2, 0.25) is 0 Å². The molecule has 0 atom stereocenters. The second-order valence-corrected chi connectivity index (χ2v) is 7.97. The number of nitrogens with one attached hydrogen (secondary N) is 1. The fourth-order valence-corrected chi connectivity index (χ4v) is 3.49. The summed E-state index contributed by atoms with van der Waals surface area (Å²) in [4.78, 5) is 32.6. The van der Waals surface area contributed by atoms with E-state index in [1.54, 1.807) is 23.1 Å². The third kappa shape index (κ3) is 4.74. The number of rotatable bonds is 6. The number of aliphatic imine (C=N–C) groups is 1. The molecule has 0 saturated carbocycles. The van der Waals surface area contributed by atoms with Gasteiger partial charge in [0, 0.05) is 25.3 Å². The predicted molar refractivity (Wildman–Crippen MR) is 121 cm³/mol. The van der Waals surface area contributed by atoms with Crippen LogP contribution in [0.1, 0.15) is 30.9 Å². The van der Waals surface area contributed by atoms with E-state index in [2.05, 4.69) is 24.2 Å². The molecule has 0 spiro atoms. The molecule has 3 amide bonds. The average molecular weight is 434 g/mol. The molecule has 4 rings (SSSR count). The number of anilines is 1. The number of carbonyl (C=O) groups is 2. The monoisotopic (exact) mass is 434 g/mol. The molecule has 2 aromatic carbocycles. The smallest absolute Gasteiger partial charge is 0.348 e. The molecule has 8 nitrogen and oxygen atoms in total. The molecule has 2 heterocycles. The second-order valence-electron chi connectivity index (χ2n) is 7.97. The van der Waals surface area contributed by atoms with E-state index in [1.807, 2.05) is 48.5 Å². The largest absolute Gasteiger partial charge is 0.497 e. The molecule has 0 fully saturated rings. The number of urea groups is 1. The van der Waals surface area contributed by atoms with E-state index in [0.717, 1.165) is 11.3 Å². The lowest BCUT2D eigenvalue weighted by molar-refractivity contribution is -0.114. The van der Waals surface area contributed by atoms with Crippen molar-refractivity contribution in [2.45, 2.75) is 26.3 Å². The maximum atomic E-state index is 12.6. The summed E-state index contributed by atoms with van der Waals surface area (Å²) in [7, 11) is 1.61. The molecule has 166 valence electrons. The van der Waals surface area contributed by atoms with E-state index in [9.17, 15) is 9.59 Å². The lowest BCUT2D eigenvalue weighted by atomic mass is 10.0. The summed E-state index contributed by atoms with van der Waals surface area (Å²) in [6.45, 7) is 5.54. The maximum Gasteiger partial charge on any atom is 0.348 e. The molecule has 0 radical (unpaired) electrons. The van der Waals surface area contributed by atoms with Crippen molar-refractivity contribution in [2.75, 3.05) is 25.5 Å². The van der Waals surface area contributed by atoms with Crippen LogP contribution in [0.15, 0.2) is 65.5 Å². The minimum absolute atomic E-state index is 0.103. The van der Waals surface area contributed by atoms with Crippen LogP contribution in [0.3, 0.4) is 0 Å². The number of amidine groups is 1. The summed E-state index contributed by atoms with van der Waals surface area (Å²) in [5, 5.41) is 2.82. The quantitative estimate of drug-likeness (QED) is 0.745. The van der Waals surface area contributed by atoms with Gasteiger partial charge in [-0.3, -0.25) is 9.69 Å².